The van der Waals surface area contributed by atoms with Crippen LogP contribution in [0, 0.1) is 17.7 Å². The third-order valence-corrected chi connectivity index (χ3v) is 5.65. The number of rotatable bonds is 6. The van der Waals surface area contributed by atoms with E-state index in [1.807, 2.05) is 0 Å². The van der Waals surface area contributed by atoms with Crippen molar-refractivity contribution in [1.29, 1.82) is 0 Å². The van der Waals surface area contributed by atoms with Crippen molar-refractivity contribution in [2.45, 2.75) is 37.7 Å². The van der Waals surface area contributed by atoms with E-state index < -0.39 is 30.2 Å². The van der Waals surface area contributed by atoms with Crippen molar-refractivity contribution in [2.75, 3.05) is 19.8 Å². The molecule has 1 aliphatic rings. The average molecular weight is 467 g/mol. The Morgan fingerprint density at radius 1 is 1.26 bits per heavy atom. The molecule has 34 heavy (non-hydrogen) atoms. The summed E-state index contributed by atoms with van der Waals surface area (Å²) in [6, 6.07) is 11.2. The van der Waals surface area contributed by atoms with Crippen molar-refractivity contribution in [3.8, 4) is 28.7 Å². The highest BCUT2D eigenvalue weighted by atomic mass is 19.1. The van der Waals surface area contributed by atoms with E-state index in [4.69, 9.17) is 9.47 Å². The predicted octanol–water partition coefficient (Wildman–Crippen LogP) is 2.86. The van der Waals surface area contributed by atoms with Crippen LogP contribution in [0.15, 0.2) is 54.9 Å². The van der Waals surface area contributed by atoms with E-state index in [1.165, 1.54) is 6.07 Å². The molecule has 178 valence electrons. The molecule has 1 saturated heterocycles. The lowest BCUT2D eigenvalue weighted by Crippen LogP contribution is -2.40. The van der Waals surface area contributed by atoms with Gasteiger partial charge in [-0.1, -0.05) is 24.0 Å². The summed E-state index contributed by atoms with van der Waals surface area (Å²) in [4.78, 5) is 4.11. The van der Waals surface area contributed by atoms with Crippen LogP contribution in [-0.2, 0) is 4.74 Å². The van der Waals surface area contributed by atoms with Gasteiger partial charge in [0, 0.05) is 36.0 Å². The van der Waals surface area contributed by atoms with Gasteiger partial charge in [0.2, 0.25) is 0 Å². The van der Waals surface area contributed by atoms with Crippen molar-refractivity contribution in [2.24, 2.45) is 0 Å². The summed E-state index contributed by atoms with van der Waals surface area (Å²) >= 11 is 0. The Balaban J connectivity index is 1.47. The maximum atomic E-state index is 14.8. The number of ether oxygens (including phenoxy) is 2. The van der Waals surface area contributed by atoms with E-state index in [0.29, 0.717) is 41.3 Å². The smallest absolute Gasteiger partial charge is 0.138 e. The molecule has 7 nitrogen and oxygen atoms in total. The second-order valence-electron chi connectivity index (χ2n) is 8.14. The Bertz CT molecular complexity index is 1170. The summed E-state index contributed by atoms with van der Waals surface area (Å²) in [5, 5.41) is 29.5. The minimum Gasteiger partial charge on any atom is -0.487 e. The minimum atomic E-state index is -0.779. The largest absolute Gasteiger partial charge is 0.487 e. The fourth-order valence-electron chi connectivity index (χ4n) is 3.83. The van der Waals surface area contributed by atoms with Crippen LogP contribution in [0.1, 0.15) is 36.9 Å². The number of hydrogen-bond donors (Lipinski definition) is 3. The molecule has 0 bridgehead atoms. The first kappa shape index (κ1) is 23.9. The first-order valence-corrected chi connectivity index (χ1v) is 11.1. The summed E-state index contributed by atoms with van der Waals surface area (Å²) in [5.41, 5.74) is 1.81. The maximum absolute atomic E-state index is 14.8. The summed E-state index contributed by atoms with van der Waals surface area (Å²) in [7, 11) is 0. The van der Waals surface area contributed by atoms with Crippen molar-refractivity contribution in [3.63, 3.8) is 0 Å². The molecule has 8 heteroatoms. The van der Waals surface area contributed by atoms with E-state index in [1.54, 1.807) is 60.3 Å². The van der Waals surface area contributed by atoms with Crippen LogP contribution in [0.2, 0.25) is 0 Å². The van der Waals surface area contributed by atoms with Crippen LogP contribution in [-0.4, -0.2) is 56.9 Å². The number of aliphatic hydroxyl groups is 3. The molecule has 0 spiro atoms. The SMILES string of the molecule is C[C@H](O)c1nccn1[C@@H](C#Cc1ccc(-c2ccc(O[C@H]3CCOC[C@@H]3O)cc2F)cc1)CO. The molecule has 3 aromatic rings. The van der Waals surface area contributed by atoms with E-state index in [9.17, 15) is 19.7 Å². The molecule has 0 unspecified atom stereocenters. The van der Waals surface area contributed by atoms with E-state index in [-0.39, 0.29) is 13.2 Å². The molecule has 4 atom stereocenters. The highest BCUT2D eigenvalue weighted by Gasteiger charge is 2.25. The lowest BCUT2D eigenvalue weighted by Gasteiger charge is -2.28. The Morgan fingerprint density at radius 2 is 2.06 bits per heavy atom. The molecule has 0 aliphatic carbocycles. The Labute approximate surface area is 197 Å². The molecule has 1 fully saturated rings. The number of imidazole rings is 1. The monoisotopic (exact) mass is 466 g/mol. The van der Waals surface area contributed by atoms with Gasteiger partial charge in [0.15, 0.2) is 0 Å². The second kappa shape index (κ2) is 10.8. The first-order chi connectivity index (χ1) is 16.5. The fraction of sp³-hybridized carbons (Fsp3) is 0.346. The van der Waals surface area contributed by atoms with Crippen molar-refractivity contribution < 1.29 is 29.2 Å². The van der Waals surface area contributed by atoms with Crippen LogP contribution >= 0.6 is 0 Å². The normalized spacial score (nSPS) is 19.7. The summed E-state index contributed by atoms with van der Waals surface area (Å²) in [6.45, 7) is 2.08. The number of aliphatic hydroxyl groups excluding tert-OH is 3. The summed E-state index contributed by atoms with van der Waals surface area (Å²) < 4.78 is 27.4. The molecular formula is C26H27FN2O5. The van der Waals surface area contributed by atoms with Crippen molar-refractivity contribution in [3.05, 3.63) is 72.1 Å². The third-order valence-electron chi connectivity index (χ3n) is 5.65. The highest BCUT2D eigenvalue weighted by molar-refractivity contribution is 5.66. The van der Waals surface area contributed by atoms with E-state index in [2.05, 4.69) is 16.8 Å². The molecule has 0 amide bonds. The number of nitrogens with zero attached hydrogens (tertiary/aromatic N) is 2. The van der Waals surface area contributed by atoms with E-state index in [0.717, 1.165) is 0 Å². The van der Waals surface area contributed by atoms with Crippen molar-refractivity contribution in [1.82, 2.24) is 9.55 Å². The minimum absolute atomic E-state index is 0.212. The first-order valence-electron chi connectivity index (χ1n) is 11.1. The topological polar surface area (TPSA) is 97.0 Å². The number of aromatic nitrogens is 2. The molecule has 4 rings (SSSR count). The Hall–Kier alpha value is -3.22. The van der Waals surface area contributed by atoms with Gasteiger partial charge in [0.1, 0.15) is 41.7 Å². The predicted molar refractivity (Wildman–Crippen MR) is 124 cm³/mol. The van der Waals surface area contributed by atoms with Crippen LogP contribution < -0.4 is 4.74 Å². The van der Waals surface area contributed by atoms with Gasteiger partial charge in [0.05, 0.1) is 19.8 Å². The zero-order chi connectivity index (χ0) is 24.1. The van der Waals surface area contributed by atoms with Gasteiger partial charge < -0.3 is 29.4 Å². The molecule has 1 aliphatic heterocycles. The van der Waals surface area contributed by atoms with Gasteiger partial charge in [-0.05, 0) is 36.8 Å². The van der Waals surface area contributed by atoms with Crippen LogP contribution in [0.25, 0.3) is 11.1 Å². The van der Waals surface area contributed by atoms with Crippen LogP contribution in [0.5, 0.6) is 5.75 Å². The third kappa shape index (κ3) is 5.46. The van der Waals surface area contributed by atoms with Gasteiger partial charge in [0.25, 0.3) is 0 Å². The van der Waals surface area contributed by atoms with Gasteiger partial charge in [-0.25, -0.2) is 9.37 Å². The molecule has 2 aromatic carbocycles. The Morgan fingerprint density at radius 3 is 2.74 bits per heavy atom. The quantitative estimate of drug-likeness (QED) is 0.484. The van der Waals surface area contributed by atoms with E-state index >= 15 is 0 Å². The number of halogens is 1. The molecule has 1 aromatic heterocycles. The van der Waals surface area contributed by atoms with Crippen LogP contribution in [0.3, 0.4) is 0 Å². The van der Waals surface area contributed by atoms with Gasteiger partial charge in [-0.15, -0.1) is 0 Å². The lowest BCUT2D eigenvalue weighted by atomic mass is 10.0. The standard InChI is InChI=1S/C26H27FN2O5/c1-17(31)26-28-11-12-29(26)20(15-30)7-4-18-2-5-19(6-3-18)22-9-8-21(14-23(22)27)34-25-10-13-33-16-24(25)32/h2-3,5-6,8-9,11-12,14,17,20,24-25,30-32H,10,13,15-16H2,1H3/t17-,20-,24-,25-/m0/s1. The molecular weight excluding hydrogens is 439 g/mol. The maximum Gasteiger partial charge on any atom is 0.138 e. The highest BCUT2D eigenvalue weighted by Crippen LogP contribution is 2.28. The molecule has 2 heterocycles. The summed E-state index contributed by atoms with van der Waals surface area (Å²) in [6.07, 6.45) is 1.84. The number of benzene rings is 2. The van der Waals surface area contributed by atoms with Gasteiger partial charge in [-0.3, -0.25) is 0 Å². The Kier molecular flexibility index (Phi) is 7.60. The number of hydrogen-bond acceptors (Lipinski definition) is 6. The van der Waals surface area contributed by atoms with Crippen molar-refractivity contribution >= 4 is 0 Å². The molecule has 3 N–H and O–H groups in total. The van der Waals surface area contributed by atoms with Gasteiger partial charge >= 0.3 is 0 Å². The lowest BCUT2D eigenvalue weighted by molar-refractivity contribution is -0.0751. The second-order valence-corrected chi connectivity index (χ2v) is 8.14. The van der Waals surface area contributed by atoms with Gasteiger partial charge in [-0.2, -0.15) is 0 Å². The fourth-order valence-corrected chi connectivity index (χ4v) is 3.83. The zero-order valence-corrected chi connectivity index (χ0v) is 18.8. The molecule has 0 saturated carbocycles. The van der Waals surface area contributed by atoms with Crippen LogP contribution in [0.4, 0.5) is 4.39 Å². The average Bonchev–Trinajstić information content (AvgIpc) is 3.32. The zero-order valence-electron chi connectivity index (χ0n) is 18.8. The molecule has 0 radical (unpaired) electrons. The summed E-state index contributed by atoms with van der Waals surface area (Å²) in [5.74, 6) is 6.37.